The number of nitrogens with two attached hydrogens (primary N) is 1. The maximum Gasteiger partial charge on any atom is 0.238 e. The van der Waals surface area contributed by atoms with Crippen LogP contribution in [0.4, 0.5) is 0 Å². The van der Waals surface area contributed by atoms with Crippen LogP contribution < -0.4 is 5.14 Å². The Morgan fingerprint density at radius 3 is 2.42 bits per heavy atom. The fourth-order valence-electron chi connectivity index (χ4n) is 2.83. The summed E-state index contributed by atoms with van der Waals surface area (Å²) >= 11 is 1.65. The lowest BCUT2D eigenvalue weighted by molar-refractivity contribution is 0.598. The maximum atomic E-state index is 11.6. The van der Waals surface area contributed by atoms with E-state index in [1.807, 2.05) is 0 Å². The summed E-state index contributed by atoms with van der Waals surface area (Å²) in [5, 5.41) is 6.10. The topological polar surface area (TPSA) is 78.0 Å². The summed E-state index contributed by atoms with van der Waals surface area (Å²) in [4.78, 5) is 4.71. The van der Waals surface area contributed by atoms with E-state index in [0.717, 1.165) is 23.0 Å². The van der Waals surface area contributed by atoms with Crippen molar-refractivity contribution >= 4 is 32.8 Å². The van der Waals surface area contributed by atoms with E-state index in [1.54, 1.807) is 17.8 Å². The first-order chi connectivity index (χ1) is 12.3. The molecule has 0 amide bonds. The molecule has 0 spiro atoms. The summed E-state index contributed by atoms with van der Waals surface area (Å²) in [6.45, 7) is 7.18. The minimum absolute atomic E-state index is 0.0894. The molecule has 26 heavy (non-hydrogen) atoms. The Labute approximate surface area is 158 Å². The van der Waals surface area contributed by atoms with Gasteiger partial charge in [0.15, 0.2) is 5.16 Å². The van der Waals surface area contributed by atoms with Crippen LogP contribution in [0, 0.1) is 0 Å². The molecule has 0 aliphatic rings. The Morgan fingerprint density at radius 1 is 1.15 bits per heavy atom. The highest BCUT2D eigenvalue weighted by atomic mass is 32.2. The number of aromatic nitrogens is 2. The second kappa shape index (κ2) is 7.42. The predicted molar refractivity (Wildman–Crippen MR) is 107 cm³/mol. The average molecular weight is 390 g/mol. The van der Waals surface area contributed by atoms with Gasteiger partial charge in [-0.15, -0.1) is 0 Å². The van der Waals surface area contributed by atoms with Crippen molar-refractivity contribution in [1.29, 1.82) is 0 Å². The average Bonchev–Trinajstić information content (AvgIpc) is 2.96. The van der Waals surface area contributed by atoms with E-state index in [9.17, 15) is 8.42 Å². The van der Waals surface area contributed by atoms with Gasteiger partial charge in [0.1, 0.15) is 0 Å². The van der Waals surface area contributed by atoms with Crippen molar-refractivity contribution in [1.82, 2.24) is 9.55 Å². The van der Waals surface area contributed by atoms with Gasteiger partial charge in [-0.1, -0.05) is 49.9 Å². The van der Waals surface area contributed by atoms with Crippen LogP contribution in [0.1, 0.15) is 37.8 Å². The molecule has 0 radical (unpaired) electrons. The van der Waals surface area contributed by atoms with Crippen LogP contribution in [0.15, 0.2) is 52.5 Å². The molecule has 0 bridgehead atoms. The van der Waals surface area contributed by atoms with Gasteiger partial charge in [0.05, 0.1) is 15.9 Å². The summed E-state index contributed by atoms with van der Waals surface area (Å²) in [6.07, 6.45) is 0. The van der Waals surface area contributed by atoms with Gasteiger partial charge in [-0.25, -0.2) is 18.5 Å². The fourth-order valence-corrected chi connectivity index (χ4v) is 4.39. The lowest BCUT2D eigenvalue weighted by atomic mass is 10.0. The van der Waals surface area contributed by atoms with Gasteiger partial charge >= 0.3 is 0 Å². The molecule has 2 aromatic carbocycles. The Balaban J connectivity index is 1.87. The molecule has 1 heterocycles. The smallest absolute Gasteiger partial charge is 0.238 e. The second-order valence-corrected chi connectivity index (χ2v) is 9.02. The van der Waals surface area contributed by atoms with Gasteiger partial charge in [0.2, 0.25) is 10.0 Å². The third-order valence-electron chi connectivity index (χ3n) is 4.34. The summed E-state index contributed by atoms with van der Waals surface area (Å²) in [5.41, 5.74) is 4.13. The second-order valence-electron chi connectivity index (χ2n) is 6.52. The van der Waals surface area contributed by atoms with E-state index in [2.05, 4.69) is 54.6 Å². The van der Waals surface area contributed by atoms with Crippen molar-refractivity contribution in [2.45, 2.75) is 49.0 Å². The normalized spacial score (nSPS) is 12.2. The number of aryl methyl sites for hydroxylation is 1. The number of sulfonamides is 1. The Hall–Kier alpha value is -1.83. The molecular formula is C19H23N3O2S2. The molecule has 0 aliphatic carbocycles. The highest BCUT2D eigenvalue weighted by Gasteiger charge is 2.14. The Bertz CT molecular complexity index is 1020. The van der Waals surface area contributed by atoms with Gasteiger partial charge in [-0.05, 0) is 42.2 Å². The molecule has 1 aromatic heterocycles. The first-order valence-corrected chi connectivity index (χ1v) is 11.1. The zero-order valence-electron chi connectivity index (χ0n) is 15.1. The number of imidazole rings is 1. The first-order valence-electron chi connectivity index (χ1n) is 8.54. The number of hydrogen-bond acceptors (Lipinski definition) is 4. The summed E-state index contributed by atoms with van der Waals surface area (Å²) in [6, 6.07) is 13.5. The number of primary sulfonamides is 1. The molecule has 3 aromatic rings. The lowest BCUT2D eigenvalue weighted by Crippen LogP contribution is -2.11. The zero-order valence-corrected chi connectivity index (χ0v) is 16.8. The molecule has 0 atom stereocenters. The van der Waals surface area contributed by atoms with E-state index in [-0.39, 0.29) is 4.90 Å². The predicted octanol–water partition coefficient (Wildman–Crippen LogP) is 4.12. The van der Waals surface area contributed by atoms with Crippen molar-refractivity contribution in [3.63, 3.8) is 0 Å². The molecular weight excluding hydrogens is 366 g/mol. The molecule has 0 saturated carbocycles. The van der Waals surface area contributed by atoms with Crippen LogP contribution in [0.3, 0.4) is 0 Å². The van der Waals surface area contributed by atoms with Gasteiger partial charge in [-0.3, -0.25) is 0 Å². The Morgan fingerprint density at radius 2 is 1.85 bits per heavy atom. The minimum Gasteiger partial charge on any atom is -0.319 e. The van der Waals surface area contributed by atoms with Crippen molar-refractivity contribution in [2.24, 2.45) is 5.14 Å². The molecule has 2 N–H and O–H groups in total. The monoisotopic (exact) mass is 389 g/mol. The van der Waals surface area contributed by atoms with Gasteiger partial charge in [0.25, 0.3) is 0 Å². The van der Waals surface area contributed by atoms with E-state index in [4.69, 9.17) is 5.14 Å². The standard InChI is InChI=1S/C19H23N3O2S2/c1-4-22-18-10-9-16(26(20,23)24)11-17(18)21-19(22)25-12-14-5-7-15(8-6-14)13(2)3/h5-11,13H,4,12H2,1-3H3,(H2,20,23,24). The molecule has 138 valence electrons. The van der Waals surface area contributed by atoms with Crippen LogP contribution >= 0.6 is 11.8 Å². The number of hydrogen-bond donors (Lipinski definition) is 1. The SMILES string of the molecule is CCn1c(SCc2ccc(C(C)C)cc2)nc2cc(S(N)(=O)=O)ccc21. The molecule has 0 fully saturated rings. The largest absolute Gasteiger partial charge is 0.319 e. The van der Waals surface area contributed by atoms with Crippen molar-refractivity contribution in [3.05, 3.63) is 53.6 Å². The van der Waals surface area contributed by atoms with Crippen LogP contribution in [0.25, 0.3) is 11.0 Å². The molecule has 0 aliphatic heterocycles. The van der Waals surface area contributed by atoms with Crippen LogP contribution in [-0.2, 0) is 22.3 Å². The molecule has 5 nitrogen and oxygen atoms in total. The van der Waals surface area contributed by atoms with Gasteiger partial charge < -0.3 is 4.57 Å². The number of benzene rings is 2. The summed E-state index contributed by atoms with van der Waals surface area (Å²) < 4.78 is 25.2. The number of thioether (sulfide) groups is 1. The van der Waals surface area contributed by atoms with Crippen LogP contribution in [-0.4, -0.2) is 18.0 Å². The van der Waals surface area contributed by atoms with E-state index in [0.29, 0.717) is 11.4 Å². The molecule has 0 saturated heterocycles. The third kappa shape index (κ3) is 3.95. The highest BCUT2D eigenvalue weighted by Crippen LogP contribution is 2.28. The fraction of sp³-hybridized carbons (Fsp3) is 0.316. The molecule has 3 rings (SSSR count). The van der Waals surface area contributed by atoms with E-state index >= 15 is 0 Å². The van der Waals surface area contributed by atoms with Crippen molar-refractivity contribution in [3.8, 4) is 0 Å². The van der Waals surface area contributed by atoms with Crippen molar-refractivity contribution < 1.29 is 8.42 Å². The zero-order chi connectivity index (χ0) is 18.9. The third-order valence-corrected chi connectivity index (χ3v) is 6.30. The Kier molecular flexibility index (Phi) is 5.41. The summed E-state index contributed by atoms with van der Waals surface area (Å²) in [5.74, 6) is 1.33. The van der Waals surface area contributed by atoms with E-state index in [1.165, 1.54) is 23.3 Å². The van der Waals surface area contributed by atoms with Crippen LogP contribution in [0.2, 0.25) is 0 Å². The van der Waals surface area contributed by atoms with Crippen LogP contribution in [0.5, 0.6) is 0 Å². The van der Waals surface area contributed by atoms with Gasteiger partial charge in [0, 0.05) is 12.3 Å². The first kappa shape index (κ1) is 18.9. The highest BCUT2D eigenvalue weighted by molar-refractivity contribution is 7.98. The number of nitrogens with zero attached hydrogens (tertiary/aromatic N) is 2. The number of fused-ring (bicyclic) bond motifs is 1. The number of rotatable bonds is 6. The quantitative estimate of drug-likeness (QED) is 0.643. The summed E-state index contributed by atoms with van der Waals surface area (Å²) in [7, 11) is -3.73. The molecule has 0 unspecified atom stereocenters. The van der Waals surface area contributed by atoms with Crippen molar-refractivity contribution in [2.75, 3.05) is 0 Å². The lowest BCUT2D eigenvalue weighted by Gasteiger charge is -2.08. The van der Waals surface area contributed by atoms with Gasteiger partial charge in [-0.2, -0.15) is 0 Å². The molecule has 7 heteroatoms. The minimum atomic E-state index is -3.73. The maximum absolute atomic E-state index is 11.6. The van der Waals surface area contributed by atoms with E-state index < -0.39 is 10.0 Å².